The Kier molecular flexibility index (Phi) is 7.59. The minimum atomic E-state index is -0.0338. The lowest BCUT2D eigenvalue weighted by atomic mass is 9.79. The van der Waals surface area contributed by atoms with Gasteiger partial charge in [0.15, 0.2) is 5.82 Å². The summed E-state index contributed by atoms with van der Waals surface area (Å²) >= 11 is 0. The zero-order valence-corrected chi connectivity index (χ0v) is 28.0. The Hall–Kier alpha value is -5.36. The van der Waals surface area contributed by atoms with Crippen molar-refractivity contribution < 1.29 is 4.74 Å². The van der Waals surface area contributed by atoms with Crippen LogP contribution in [0.5, 0.6) is 11.5 Å². The Morgan fingerprint density at radius 3 is 2.06 bits per heavy atom. The number of hydrogen-bond donors (Lipinski definition) is 0. The quantitative estimate of drug-likeness (QED) is 0.186. The van der Waals surface area contributed by atoms with Crippen molar-refractivity contribution in [1.82, 2.24) is 14.8 Å². The van der Waals surface area contributed by atoms with E-state index >= 15 is 0 Å². The lowest BCUT2D eigenvalue weighted by Gasteiger charge is -2.31. The summed E-state index contributed by atoms with van der Waals surface area (Å²) in [6.07, 6.45) is 5.80. The van der Waals surface area contributed by atoms with Gasteiger partial charge in [0.1, 0.15) is 18.2 Å². The number of anilines is 4. The average Bonchev–Trinajstić information content (AvgIpc) is 3.71. The van der Waals surface area contributed by atoms with Crippen LogP contribution in [0.1, 0.15) is 52.7 Å². The van der Waals surface area contributed by atoms with Crippen LogP contribution >= 0.6 is 0 Å². The second kappa shape index (κ2) is 11.8. The summed E-state index contributed by atoms with van der Waals surface area (Å²) in [4.78, 5) is 9.51. The van der Waals surface area contributed by atoms with E-state index in [0.29, 0.717) is 6.67 Å². The monoisotopic (exact) mass is 619 g/mol. The number of rotatable bonds is 6. The van der Waals surface area contributed by atoms with Crippen molar-refractivity contribution in [1.29, 1.82) is 0 Å². The molecule has 0 aliphatic carbocycles. The molecule has 0 saturated carbocycles. The van der Waals surface area contributed by atoms with Crippen molar-refractivity contribution in [3.8, 4) is 28.3 Å². The van der Waals surface area contributed by atoms with Crippen LogP contribution in [-0.4, -0.2) is 21.4 Å². The SMILES string of the molecule is CC(C)(C)c1ccc(N2CN(c3cccc(Oc4cccc(-n5cc(-c6ccccc6)cn5)c4)c3)c3ncccc32)c(C(C)(C)C)c1. The highest BCUT2D eigenvalue weighted by Crippen LogP contribution is 2.46. The second-order valence-electron chi connectivity index (χ2n) is 14.2. The number of ether oxygens (including phenoxy) is 1. The molecular formula is C41H41N5O. The lowest BCUT2D eigenvalue weighted by molar-refractivity contribution is 0.482. The van der Waals surface area contributed by atoms with Gasteiger partial charge in [0, 0.05) is 41.5 Å². The van der Waals surface area contributed by atoms with Gasteiger partial charge >= 0.3 is 0 Å². The van der Waals surface area contributed by atoms with E-state index < -0.39 is 0 Å². The highest BCUT2D eigenvalue weighted by Gasteiger charge is 2.33. The van der Waals surface area contributed by atoms with Crippen molar-refractivity contribution in [3.63, 3.8) is 0 Å². The summed E-state index contributed by atoms with van der Waals surface area (Å²) in [5.74, 6) is 2.43. The molecule has 6 aromatic rings. The Labute approximate surface area is 277 Å². The minimum absolute atomic E-state index is 0.0338. The predicted molar refractivity (Wildman–Crippen MR) is 193 cm³/mol. The zero-order valence-electron chi connectivity index (χ0n) is 28.0. The van der Waals surface area contributed by atoms with E-state index in [0.717, 1.165) is 45.5 Å². The fourth-order valence-electron chi connectivity index (χ4n) is 6.12. The third kappa shape index (κ3) is 6.11. The van der Waals surface area contributed by atoms with Gasteiger partial charge < -0.3 is 14.5 Å². The van der Waals surface area contributed by atoms with Gasteiger partial charge in [0.25, 0.3) is 0 Å². The maximum atomic E-state index is 6.44. The molecule has 2 aromatic heterocycles. The largest absolute Gasteiger partial charge is 0.457 e. The molecule has 0 saturated heterocycles. The fourth-order valence-corrected chi connectivity index (χ4v) is 6.12. The second-order valence-corrected chi connectivity index (χ2v) is 14.2. The van der Waals surface area contributed by atoms with Crippen LogP contribution < -0.4 is 14.5 Å². The van der Waals surface area contributed by atoms with E-state index in [2.05, 4.69) is 105 Å². The molecule has 1 aliphatic heterocycles. The maximum absolute atomic E-state index is 6.44. The standard InChI is InChI=1S/C41H41N5O/c1-40(2,3)31-20-21-37(36(23-31)41(4,5)6)45-28-44(39-38(45)19-12-22-42-39)32-15-10-17-34(24-32)47-35-18-11-16-33(25-35)46-27-30(26-43-46)29-13-8-7-9-14-29/h7-27H,28H2,1-6H3. The molecule has 0 atom stereocenters. The van der Waals surface area contributed by atoms with Crippen molar-refractivity contribution in [2.24, 2.45) is 0 Å². The average molecular weight is 620 g/mol. The lowest BCUT2D eigenvalue weighted by Crippen LogP contribution is -2.27. The number of benzene rings is 4. The van der Waals surface area contributed by atoms with Crippen LogP contribution in [0, 0.1) is 0 Å². The first-order chi connectivity index (χ1) is 22.5. The van der Waals surface area contributed by atoms with E-state index in [1.807, 2.05) is 83.9 Å². The van der Waals surface area contributed by atoms with Gasteiger partial charge in [-0.05, 0) is 70.0 Å². The first-order valence-electron chi connectivity index (χ1n) is 16.2. The first-order valence-corrected chi connectivity index (χ1v) is 16.2. The van der Waals surface area contributed by atoms with Gasteiger partial charge in [0.2, 0.25) is 0 Å². The van der Waals surface area contributed by atoms with Crippen molar-refractivity contribution in [2.75, 3.05) is 16.5 Å². The Balaban J connectivity index is 1.17. The molecule has 0 amide bonds. The summed E-state index contributed by atoms with van der Waals surface area (Å²) in [6.45, 7) is 14.3. The molecule has 6 heteroatoms. The minimum Gasteiger partial charge on any atom is -0.457 e. The van der Waals surface area contributed by atoms with Gasteiger partial charge in [0.05, 0.1) is 17.6 Å². The van der Waals surface area contributed by atoms with Crippen LogP contribution in [0.25, 0.3) is 16.8 Å². The van der Waals surface area contributed by atoms with Gasteiger partial charge in [-0.25, -0.2) is 9.67 Å². The molecule has 0 fully saturated rings. The number of nitrogens with zero attached hydrogens (tertiary/aromatic N) is 5. The maximum Gasteiger partial charge on any atom is 0.158 e. The highest BCUT2D eigenvalue weighted by molar-refractivity contribution is 5.85. The summed E-state index contributed by atoms with van der Waals surface area (Å²) in [7, 11) is 0. The van der Waals surface area contributed by atoms with Crippen LogP contribution in [0.15, 0.2) is 128 Å². The van der Waals surface area contributed by atoms with Crippen LogP contribution in [-0.2, 0) is 10.8 Å². The molecule has 0 bridgehead atoms. The van der Waals surface area contributed by atoms with Crippen LogP contribution in [0.2, 0.25) is 0 Å². The molecular weight excluding hydrogens is 578 g/mol. The summed E-state index contributed by atoms with van der Waals surface area (Å²) in [5, 5.41) is 4.61. The molecule has 0 radical (unpaired) electrons. The van der Waals surface area contributed by atoms with Crippen molar-refractivity contribution >= 4 is 22.9 Å². The van der Waals surface area contributed by atoms with E-state index in [1.165, 1.54) is 16.8 Å². The molecule has 0 unspecified atom stereocenters. The zero-order chi connectivity index (χ0) is 32.8. The Morgan fingerprint density at radius 1 is 0.617 bits per heavy atom. The molecule has 4 aromatic carbocycles. The van der Waals surface area contributed by atoms with Gasteiger partial charge in [-0.15, -0.1) is 0 Å². The number of pyridine rings is 1. The van der Waals surface area contributed by atoms with Gasteiger partial charge in [-0.3, -0.25) is 0 Å². The molecule has 0 N–H and O–H groups in total. The highest BCUT2D eigenvalue weighted by atomic mass is 16.5. The van der Waals surface area contributed by atoms with Crippen LogP contribution in [0.4, 0.5) is 22.9 Å². The van der Waals surface area contributed by atoms with Gasteiger partial charge in [-0.2, -0.15) is 5.10 Å². The summed E-state index contributed by atoms with van der Waals surface area (Å²) in [6, 6.07) is 37.7. The van der Waals surface area contributed by atoms with Crippen molar-refractivity contribution in [2.45, 2.75) is 52.4 Å². The Bertz CT molecular complexity index is 2030. The smallest absolute Gasteiger partial charge is 0.158 e. The third-order valence-electron chi connectivity index (χ3n) is 8.69. The van der Waals surface area contributed by atoms with E-state index in [-0.39, 0.29) is 10.8 Å². The van der Waals surface area contributed by atoms with Crippen LogP contribution in [0.3, 0.4) is 0 Å². The molecule has 6 nitrogen and oxygen atoms in total. The normalized spacial score (nSPS) is 13.1. The van der Waals surface area contributed by atoms with Crippen molar-refractivity contribution in [3.05, 3.63) is 139 Å². The molecule has 47 heavy (non-hydrogen) atoms. The number of fused-ring (bicyclic) bond motifs is 1. The molecule has 236 valence electrons. The number of hydrogen-bond acceptors (Lipinski definition) is 5. The Morgan fingerprint density at radius 2 is 1.34 bits per heavy atom. The van der Waals surface area contributed by atoms with Gasteiger partial charge in [-0.1, -0.05) is 96.1 Å². The third-order valence-corrected chi connectivity index (χ3v) is 8.69. The fraction of sp³-hybridized carbons (Fsp3) is 0.220. The number of aromatic nitrogens is 3. The van der Waals surface area contributed by atoms with E-state index in [4.69, 9.17) is 9.72 Å². The molecule has 7 rings (SSSR count). The molecule has 3 heterocycles. The molecule has 0 spiro atoms. The van der Waals surface area contributed by atoms with E-state index in [9.17, 15) is 0 Å². The first kappa shape index (κ1) is 30.3. The summed E-state index contributed by atoms with van der Waals surface area (Å²) < 4.78 is 8.32. The summed E-state index contributed by atoms with van der Waals surface area (Å²) in [5.41, 5.74) is 9.15. The predicted octanol–water partition coefficient (Wildman–Crippen LogP) is 10.6. The topological polar surface area (TPSA) is 46.4 Å². The molecule has 1 aliphatic rings. The van der Waals surface area contributed by atoms with E-state index in [1.54, 1.807) is 0 Å².